The number of hydrogen-bond acceptors (Lipinski definition) is 5. The van der Waals surface area contributed by atoms with Crippen LogP contribution in [0, 0.1) is 5.82 Å². The van der Waals surface area contributed by atoms with Crippen molar-refractivity contribution in [3.63, 3.8) is 0 Å². The summed E-state index contributed by atoms with van der Waals surface area (Å²) in [6.07, 6.45) is -1.80. The van der Waals surface area contributed by atoms with Crippen LogP contribution >= 0.6 is 0 Å². The third-order valence-electron chi connectivity index (χ3n) is 4.88. The number of halogens is 4. The Hall–Kier alpha value is -4.08. The van der Waals surface area contributed by atoms with Gasteiger partial charge in [-0.25, -0.2) is 9.37 Å². The van der Waals surface area contributed by atoms with E-state index in [9.17, 15) is 17.6 Å². The molecule has 3 heterocycles. The molecule has 154 valence electrons. The fourth-order valence-corrected chi connectivity index (χ4v) is 3.38. The van der Waals surface area contributed by atoms with Gasteiger partial charge >= 0.3 is 6.18 Å². The van der Waals surface area contributed by atoms with Crippen LogP contribution in [0.4, 0.5) is 23.4 Å². The second-order valence-corrected chi connectivity index (χ2v) is 6.84. The van der Waals surface area contributed by atoms with Crippen LogP contribution in [0.2, 0.25) is 0 Å². The van der Waals surface area contributed by atoms with Crippen LogP contribution in [0.15, 0.2) is 60.9 Å². The largest absolute Gasteiger partial charge is 0.419 e. The second-order valence-electron chi connectivity index (χ2n) is 6.84. The highest BCUT2D eigenvalue weighted by Gasteiger charge is 2.34. The molecule has 2 N–H and O–H groups in total. The van der Waals surface area contributed by atoms with Crippen molar-refractivity contribution in [2.45, 2.75) is 6.18 Å². The Balaban J connectivity index is 1.74. The summed E-state index contributed by atoms with van der Waals surface area (Å²) in [5.74, 6) is -0.521. The van der Waals surface area contributed by atoms with E-state index in [1.54, 1.807) is 34.7 Å². The van der Waals surface area contributed by atoms with E-state index in [-0.39, 0.29) is 11.4 Å². The Morgan fingerprint density at radius 3 is 2.29 bits per heavy atom. The van der Waals surface area contributed by atoms with Crippen LogP contribution < -0.4 is 5.73 Å². The Morgan fingerprint density at radius 1 is 0.806 bits per heavy atom. The van der Waals surface area contributed by atoms with Crippen molar-refractivity contribution < 1.29 is 17.6 Å². The molecule has 0 saturated heterocycles. The molecule has 5 rings (SSSR count). The van der Waals surface area contributed by atoms with Crippen LogP contribution in [-0.4, -0.2) is 24.6 Å². The number of hydrogen-bond donors (Lipinski definition) is 1. The minimum absolute atomic E-state index is 0.247. The van der Waals surface area contributed by atoms with Crippen molar-refractivity contribution >= 4 is 22.5 Å². The van der Waals surface area contributed by atoms with Gasteiger partial charge in [-0.3, -0.25) is 9.38 Å². The van der Waals surface area contributed by atoms with Crippen molar-refractivity contribution in [3.8, 4) is 22.5 Å². The zero-order valence-corrected chi connectivity index (χ0v) is 15.6. The third kappa shape index (κ3) is 3.21. The summed E-state index contributed by atoms with van der Waals surface area (Å²) in [4.78, 5) is 8.04. The number of nitrogens with two attached hydrogens (primary N) is 1. The minimum atomic E-state index is -4.62. The lowest BCUT2D eigenvalue weighted by atomic mass is 10.0. The number of pyridine rings is 1. The summed E-state index contributed by atoms with van der Waals surface area (Å²) in [5, 5.41) is 8.29. The summed E-state index contributed by atoms with van der Waals surface area (Å²) in [7, 11) is 0. The molecule has 2 aromatic carbocycles. The second kappa shape index (κ2) is 6.73. The van der Waals surface area contributed by atoms with Gasteiger partial charge < -0.3 is 5.73 Å². The van der Waals surface area contributed by atoms with Gasteiger partial charge in [0.25, 0.3) is 0 Å². The van der Waals surface area contributed by atoms with Gasteiger partial charge in [-0.1, -0.05) is 6.07 Å². The molecule has 0 unspecified atom stereocenters. The van der Waals surface area contributed by atoms with Gasteiger partial charge in [0.1, 0.15) is 11.6 Å². The van der Waals surface area contributed by atoms with E-state index in [1.807, 2.05) is 0 Å². The maximum Gasteiger partial charge on any atom is 0.419 e. The lowest BCUT2D eigenvalue weighted by molar-refractivity contribution is -0.137. The maximum absolute atomic E-state index is 13.3. The van der Waals surface area contributed by atoms with E-state index >= 15 is 0 Å². The molecule has 3 aromatic heterocycles. The smallest absolute Gasteiger partial charge is 0.383 e. The first-order valence-corrected chi connectivity index (χ1v) is 9.04. The van der Waals surface area contributed by atoms with Crippen LogP contribution in [0.5, 0.6) is 0 Å². The van der Waals surface area contributed by atoms with E-state index in [0.717, 1.165) is 6.07 Å². The summed E-state index contributed by atoms with van der Waals surface area (Å²) in [6, 6.07) is 11.7. The molecule has 0 spiro atoms. The number of benzene rings is 2. The summed E-state index contributed by atoms with van der Waals surface area (Å²) < 4.78 is 54.8. The monoisotopic (exact) mass is 424 g/mol. The van der Waals surface area contributed by atoms with E-state index in [1.165, 1.54) is 24.5 Å². The van der Waals surface area contributed by atoms with Crippen molar-refractivity contribution in [1.82, 2.24) is 24.6 Å². The highest BCUT2D eigenvalue weighted by atomic mass is 19.4. The molecule has 0 aliphatic rings. The van der Waals surface area contributed by atoms with Gasteiger partial charge in [0, 0.05) is 17.3 Å². The molecule has 0 atom stereocenters. The number of alkyl halides is 3. The maximum atomic E-state index is 13.3. The molecular formula is C21H12F4N6. The normalized spacial score (nSPS) is 12.0. The number of fused-ring (bicyclic) bond motifs is 3. The molecule has 31 heavy (non-hydrogen) atoms. The topological polar surface area (TPSA) is 82.0 Å². The third-order valence-corrected chi connectivity index (χ3v) is 4.88. The predicted molar refractivity (Wildman–Crippen MR) is 106 cm³/mol. The van der Waals surface area contributed by atoms with Crippen molar-refractivity contribution in [3.05, 3.63) is 72.3 Å². The standard InChI is InChI=1S/C21H12F4N6/c22-14-4-1-11(2-5-14)20-30-29-18-10-27-16-6-3-12(8-17(16)31(18)20)13-7-15(21(23,24)25)19(26)28-9-13/h1-10H,(H2,26,28). The van der Waals surface area contributed by atoms with Crippen molar-refractivity contribution in [2.75, 3.05) is 5.73 Å². The van der Waals surface area contributed by atoms with Gasteiger partial charge in [-0.05, 0) is 48.0 Å². The Bertz CT molecular complexity index is 1440. The number of nitrogens with zero attached hydrogens (tertiary/aromatic N) is 5. The molecule has 0 radical (unpaired) electrons. The van der Waals surface area contributed by atoms with Crippen LogP contribution in [0.25, 0.3) is 39.2 Å². The highest BCUT2D eigenvalue weighted by molar-refractivity contribution is 5.85. The van der Waals surface area contributed by atoms with Crippen molar-refractivity contribution in [1.29, 1.82) is 0 Å². The Labute approximate surface area is 172 Å². The number of nitrogen functional groups attached to an aromatic ring is 1. The summed E-state index contributed by atoms with van der Waals surface area (Å²) in [5.41, 5.74) is 7.36. The highest BCUT2D eigenvalue weighted by Crippen LogP contribution is 2.35. The first-order valence-electron chi connectivity index (χ1n) is 9.04. The van der Waals surface area contributed by atoms with E-state index in [0.29, 0.717) is 33.6 Å². The number of rotatable bonds is 2. The average Bonchev–Trinajstić information content (AvgIpc) is 3.18. The quantitative estimate of drug-likeness (QED) is 0.414. The Morgan fingerprint density at radius 2 is 1.55 bits per heavy atom. The lowest BCUT2D eigenvalue weighted by Gasteiger charge is -2.12. The minimum Gasteiger partial charge on any atom is -0.383 e. The summed E-state index contributed by atoms with van der Waals surface area (Å²) in [6.45, 7) is 0. The van der Waals surface area contributed by atoms with Gasteiger partial charge in [0.05, 0.1) is 22.8 Å². The fourth-order valence-electron chi connectivity index (χ4n) is 3.38. The molecular weight excluding hydrogens is 412 g/mol. The van der Waals surface area contributed by atoms with E-state index in [2.05, 4.69) is 20.2 Å². The molecule has 6 nitrogen and oxygen atoms in total. The zero-order chi connectivity index (χ0) is 21.8. The summed E-state index contributed by atoms with van der Waals surface area (Å²) >= 11 is 0. The SMILES string of the molecule is Nc1ncc(-c2ccc3ncc4nnc(-c5ccc(F)cc5)n4c3c2)cc1C(F)(F)F. The average molecular weight is 424 g/mol. The van der Waals surface area contributed by atoms with Crippen LogP contribution in [0.1, 0.15) is 5.56 Å². The van der Waals surface area contributed by atoms with Gasteiger partial charge in [-0.2, -0.15) is 13.2 Å². The molecule has 0 saturated carbocycles. The van der Waals surface area contributed by atoms with Crippen LogP contribution in [0.3, 0.4) is 0 Å². The molecule has 0 fully saturated rings. The van der Waals surface area contributed by atoms with E-state index < -0.39 is 17.6 Å². The number of aromatic nitrogens is 5. The van der Waals surface area contributed by atoms with Gasteiger partial charge in [0.2, 0.25) is 0 Å². The molecule has 0 bridgehead atoms. The molecule has 0 aliphatic heterocycles. The lowest BCUT2D eigenvalue weighted by Crippen LogP contribution is -2.10. The molecule has 0 amide bonds. The van der Waals surface area contributed by atoms with Crippen LogP contribution in [-0.2, 0) is 6.18 Å². The number of anilines is 1. The molecule has 5 aromatic rings. The zero-order valence-electron chi connectivity index (χ0n) is 15.6. The Kier molecular flexibility index (Phi) is 4.10. The van der Waals surface area contributed by atoms with E-state index in [4.69, 9.17) is 5.73 Å². The van der Waals surface area contributed by atoms with Gasteiger partial charge in [0.15, 0.2) is 11.5 Å². The first-order chi connectivity index (χ1) is 14.8. The van der Waals surface area contributed by atoms with Gasteiger partial charge in [-0.15, -0.1) is 10.2 Å². The molecule has 10 heteroatoms. The fraction of sp³-hybridized carbons (Fsp3) is 0.0476. The molecule has 0 aliphatic carbocycles. The van der Waals surface area contributed by atoms with Crippen molar-refractivity contribution in [2.24, 2.45) is 0 Å². The first kappa shape index (κ1) is 18.9. The predicted octanol–water partition coefficient (Wildman–Crippen LogP) is 4.75.